The monoisotopic (exact) mass is 394 g/mol. The normalized spacial score (nSPS) is 37.0. The lowest BCUT2D eigenvalue weighted by Gasteiger charge is -2.23. The van der Waals surface area contributed by atoms with Gasteiger partial charge in [0.25, 0.3) is 0 Å². The summed E-state index contributed by atoms with van der Waals surface area (Å²) < 4.78 is 5.87. The highest BCUT2D eigenvalue weighted by Gasteiger charge is 2.41. The minimum absolute atomic E-state index is 0. The van der Waals surface area contributed by atoms with E-state index in [1.165, 1.54) is 32.4 Å². The molecule has 4 atom stereocenters. The van der Waals surface area contributed by atoms with Crippen molar-refractivity contribution >= 4 is 29.9 Å². The van der Waals surface area contributed by atoms with Crippen LogP contribution in [0.4, 0.5) is 0 Å². The van der Waals surface area contributed by atoms with Crippen molar-refractivity contribution < 1.29 is 4.74 Å². The maximum absolute atomic E-state index is 5.87. The van der Waals surface area contributed by atoms with Gasteiger partial charge in [-0.15, -0.1) is 24.0 Å². The number of rotatable bonds is 3. The minimum atomic E-state index is 0. The number of guanidine groups is 1. The predicted octanol–water partition coefficient (Wildman–Crippen LogP) is 1.04. The fraction of sp³-hybridized carbons (Fsp3) is 0.929. The van der Waals surface area contributed by atoms with E-state index in [-0.39, 0.29) is 24.0 Å². The van der Waals surface area contributed by atoms with Crippen molar-refractivity contribution in [3.05, 3.63) is 0 Å². The first kappa shape index (κ1) is 16.3. The summed E-state index contributed by atoms with van der Waals surface area (Å²) in [5, 5.41) is 7.01. The Morgan fingerprint density at radius 1 is 1.35 bits per heavy atom. The van der Waals surface area contributed by atoms with Crippen molar-refractivity contribution in [2.24, 2.45) is 10.9 Å². The van der Waals surface area contributed by atoms with E-state index in [9.17, 15) is 0 Å². The highest BCUT2D eigenvalue weighted by atomic mass is 127. The molecule has 0 aromatic rings. The van der Waals surface area contributed by atoms with Crippen LogP contribution in [0.3, 0.4) is 0 Å². The minimum Gasteiger partial charge on any atom is -0.373 e. The van der Waals surface area contributed by atoms with Crippen molar-refractivity contribution in [3.63, 3.8) is 0 Å². The zero-order chi connectivity index (χ0) is 13.2. The van der Waals surface area contributed by atoms with Crippen LogP contribution in [0.5, 0.6) is 0 Å². The van der Waals surface area contributed by atoms with Crippen LogP contribution in [0, 0.1) is 5.92 Å². The van der Waals surface area contributed by atoms with Gasteiger partial charge in [-0.05, 0) is 45.2 Å². The lowest BCUT2D eigenvalue weighted by atomic mass is 9.96. The van der Waals surface area contributed by atoms with E-state index >= 15 is 0 Å². The number of ether oxygens (including phenoxy) is 1. The van der Waals surface area contributed by atoms with E-state index in [1.807, 2.05) is 7.05 Å². The van der Waals surface area contributed by atoms with Crippen molar-refractivity contribution in [1.29, 1.82) is 0 Å². The molecule has 0 spiro atoms. The summed E-state index contributed by atoms with van der Waals surface area (Å²) in [6, 6.07) is 0.455. The molecular weight excluding hydrogens is 367 g/mol. The first-order chi connectivity index (χ1) is 9.24. The summed E-state index contributed by atoms with van der Waals surface area (Å²) in [5.74, 6) is 1.69. The molecule has 0 aromatic carbocycles. The third-order valence-electron chi connectivity index (χ3n) is 4.70. The molecule has 3 aliphatic rings. The number of hydrogen-bond donors (Lipinski definition) is 2. The average molecular weight is 394 g/mol. The van der Waals surface area contributed by atoms with Crippen LogP contribution in [-0.2, 0) is 4.74 Å². The molecule has 0 amide bonds. The average Bonchev–Trinajstić information content (AvgIpc) is 3.11. The van der Waals surface area contributed by atoms with E-state index in [0.717, 1.165) is 24.8 Å². The van der Waals surface area contributed by atoms with Crippen LogP contribution < -0.4 is 10.6 Å². The second kappa shape index (κ2) is 7.26. The first-order valence-electron chi connectivity index (χ1n) is 7.56. The van der Waals surface area contributed by atoms with Crippen molar-refractivity contribution in [1.82, 2.24) is 15.5 Å². The summed E-state index contributed by atoms with van der Waals surface area (Å²) in [6.07, 6.45) is 5.76. The zero-order valence-electron chi connectivity index (χ0n) is 12.5. The molecule has 0 aliphatic carbocycles. The summed E-state index contributed by atoms with van der Waals surface area (Å²) in [7, 11) is 4.05. The number of nitrogens with one attached hydrogen (secondary N) is 2. The number of fused-ring (bicyclic) bond motifs is 2. The van der Waals surface area contributed by atoms with Gasteiger partial charge in [-0.3, -0.25) is 4.99 Å². The van der Waals surface area contributed by atoms with Crippen molar-refractivity contribution in [2.75, 3.05) is 33.7 Å². The third-order valence-corrected chi connectivity index (χ3v) is 4.70. The number of nitrogens with zero attached hydrogens (tertiary/aromatic N) is 2. The molecule has 0 aromatic heterocycles. The summed E-state index contributed by atoms with van der Waals surface area (Å²) in [6.45, 7) is 3.44. The summed E-state index contributed by atoms with van der Waals surface area (Å²) in [4.78, 5) is 6.74. The quantitative estimate of drug-likeness (QED) is 0.427. The predicted molar refractivity (Wildman–Crippen MR) is 91.8 cm³/mol. The molecule has 3 heterocycles. The van der Waals surface area contributed by atoms with Crippen LogP contribution in [0.2, 0.25) is 0 Å². The Bertz CT molecular complexity index is 352. The summed E-state index contributed by atoms with van der Waals surface area (Å²) in [5.41, 5.74) is 0. The lowest BCUT2D eigenvalue weighted by Crippen LogP contribution is -2.48. The van der Waals surface area contributed by atoms with Gasteiger partial charge in [0, 0.05) is 20.1 Å². The fourth-order valence-corrected chi connectivity index (χ4v) is 3.59. The van der Waals surface area contributed by atoms with E-state index in [2.05, 4.69) is 27.6 Å². The molecule has 3 saturated heterocycles. The van der Waals surface area contributed by atoms with Crippen LogP contribution >= 0.6 is 24.0 Å². The van der Waals surface area contributed by atoms with Gasteiger partial charge in [0.2, 0.25) is 0 Å². The Balaban J connectivity index is 0.00000147. The Kier molecular flexibility index (Phi) is 5.92. The highest BCUT2D eigenvalue weighted by Crippen LogP contribution is 2.34. The molecule has 3 fully saturated rings. The fourth-order valence-electron chi connectivity index (χ4n) is 3.59. The van der Waals surface area contributed by atoms with E-state index in [1.54, 1.807) is 0 Å². The molecular formula is C14H27IN4O. The van der Waals surface area contributed by atoms with Gasteiger partial charge in [-0.1, -0.05) is 0 Å². The number of halogens is 1. The number of hydrogen-bond acceptors (Lipinski definition) is 3. The smallest absolute Gasteiger partial charge is 0.191 e. The second-order valence-corrected chi connectivity index (χ2v) is 6.23. The number of likely N-dealkylation sites (tertiary alicyclic amines) is 1. The van der Waals surface area contributed by atoms with Crippen molar-refractivity contribution in [2.45, 2.75) is 43.9 Å². The zero-order valence-corrected chi connectivity index (χ0v) is 14.8. The Labute approximate surface area is 138 Å². The van der Waals surface area contributed by atoms with Gasteiger partial charge in [-0.25, -0.2) is 0 Å². The molecule has 6 heteroatoms. The van der Waals surface area contributed by atoms with Gasteiger partial charge < -0.3 is 20.3 Å². The second-order valence-electron chi connectivity index (χ2n) is 6.23. The molecule has 0 radical (unpaired) electrons. The van der Waals surface area contributed by atoms with Gasteiger partial charge in [-0.2, -0.15) is 0 Å². The van der Waals surface area contributed by atoms with Gasteiger partial charge in [0.05, 0.1) is 18.2 Å². The SMILES string of the molecule is CN=C(NCC1CCN(C)C1)NC1CC2CCC1O2.I. The molecule has 2 N–H and O–H groups in total. The van der Waals surface area contributed by atoms with Crippen LogP contribution in [0.25, 0.3) is 0 Å². The molecule has 20 heavy (non-hydrogen) atoms. The first-order valence-corrected chi connectivity index (χ1v) is 7.56. The highest BCUT2D eigenvalue weighted by molar-refractivity contribution is 14.0. The number of aliphatic imine (C=N–C) groups is 1. The molecule has 4 unspecified atom stereocenters. The van der Waals surface area contributed by atoms with Crippen LogP contribution in [0.1, 0.15) is 25.7 Å². The topological polar surface area (TPSA) is 48.9 Å². The largest absolute Gasteiger partial charge is 0.373 e. The standard InChI is InChI=1S/C14H26N4O.HI/c1-15-14(16-8-10-5-6-18(2)9-10)17-12-7-11-3-4-13(12)19-11;/h10-13H,3-9H2,1-2H3,(H2,15,16,17);1H. The van der Waals surface area contributed by atoms with Crippen molar-refractivity contribution in [3.8, 4) is 0 Å². The molecule has 0 saturated carbocycles. The Morgan fingerprint density at radius 3 is 2.75 bits per heavy atom. The molecule has 2 bridgehead atoms. The maximum Gasteiger partial charge on any atom is 0.191 e. The van der Waals surface area contributed by atoms with Gasteiger partial charge in [0.15, 0.2) is 5.96 Å². The molecule has 3 aliphatic heterocycles. The summed E-state index contributed by atoms with van der Waals surface area (Å²) >= 11 is 0. The van der Waals surface area contributed by atoms with E-state index in [0.29, 0.717) is 18.2 Å². The van der Waals surface area contributed by atoms with E-state index < -0.39 is 0 Å². The van der Waals surface area contributed by atoms with Gasteiger partial charge >= 0.3 is 0 Å². The lowest BCUT2D eigenvalue weighted by molar-refractivity contribution is 0.0992. The Hall–Kier alpha value is -0.0800. The van der Waals surface area contributed by atoms with Crippen LogP contribution in [-0.4, -0.2) is 62.8 Å². The van der Waals surface area contributed by atoms with Crippen LogP contribution in [0.15, 0.2) is 4.99 Å². The van der Waals surface area contributed by atoms with E-state index in [4.69, 9.17) is 4.74 Å². The maximum atomic E-state index is 5.87. The molecule has 116 valence electrons. The third kappa shape index (κ3) is 3.76. The molecule has 3 rings (SSSR count). The van der Waals surface area contributed by atoms with Gasteiger partial charge in [0.1, 0.15) is 0 Å². The Morgan fingerprint density at radius 2 is 2.20 bits per heavy atom. The molecule has 5 nitrogen and oxygen atoms in total.